The highest BCUT2D eigenvalue weighted by Crippen LogP contribution is 2.31. The number of aliphatic hydroxyl groups is 1. The predicted octanol–water partition coefficient (Wildman–Crippen LogP) is 1.83. The second-order valence-corrected chi connectivity index (χ2v) is 7.80. The SMILES string of the molecule is O=C(C1CC1)N1CCOc2cccc(c2)-c2cnn3ccc(nc23)N(CCO)CC1. The van der Waals surface area contributed by atoms with E-state index in [0.717, 1.165) is 41.2 Å². The lowest BCUT2D eigenvalue weighted by molar-refractivity contribution is -0.132. The van der Waals surface area contributed by atoms with Crippen LogP contribution in [0.3, 0.4) is 0 Å². The Morgan fingerprint density at radius 2 is 2.10 bits per heavy atom. The molecule has 1 saturated carbocycles. The molecule has 156 valence electrons. The lowest BCUT2D eigenvalue weighted by atomic mass is 10.1. The lowest BCUT2D eigenvalue weighted by Crippen LogP contribution is -2.42. The van der Waals surface area contributed by atoms with Crippen molar-refractivity contribution in [2.75, 3.05) is 44.3 Å². The van der Waals surface area contributed by atoms with Gasteiger partial charge in [0, 0.05) is 37.3 Å². The van der Waals surface area contributed by atoms with Crippen molar-refractivity contribution in [1.29, 1.82) is 0 Å². The van der Waals surface area contributed by atoms with Gasteiger partial charge in [-0.15, -0.1) is 0 Å². The number of aromatic nitrogens is 3. The average Bonchev–Trinajstić information content (AvgIpc) is 3.53. The molecule has 3 heterocycles. The highest BCUT2D eigenvalue weighted by Gasteiger charge is 2.33. The molecule has 0 spiro atoms. The summed E-state index contributed by atoms with van der Waals surface area (Å²) in [6.07, 6.45) is 5.63. The van der Waals surface area contributed by atoms with Gasteiger partial charge in [0.15, 0.2) is 5.65 Å². The summed E-state index contributed by atoms with van der Waals surface area (Å²) in [4.78, 5) is 21.5. The Kier molecular flexibility index (Phi) is 5.00. The molecule has 2 aliphatic rings. The lowest BCUT2D eigenvalue weighted by Gasteiger charge is -2.28. The zero-order valence-corrected chi connectivity index (χ0v) is 16.8. The number of fused-ring (bicyclic) bond motifs is 4. The zero-order chi connectivity index (χ0) is 20.5. The molecular formula is C22H25N5O3. The number of benzene rings is 1. The number of hydrogen-bond acceptors (Lipinski definition) is 6. The molecule has 4 bridgehead atoms. The van der Waals surface area contributed by atoms with Crippen LogP contribution in [-0.4, -0.2) is 69.9 Å². The van der Waals surface area contributed by atoms with Gasteiger partial charge in [-0.3, -0.25) is 4.79 Å². The maximum Gasteiger partial charge on any atom is 0.225 e. The van der Waals surface area contributed by atoms with Crippen molar-refractivity contribution in [2.45, 2.75) is 12.8 Å². The number of hydrogen-bond donors (Lipinski definition) is 1. The first-order chi connectivity index (χ1) is 14.7. The van der Waals surface area contributed by atoms with Gasteiger partial charge in [-0.2, -0.15) is 5.10 Å². The Hall–Kier alpha value is -3.13. The molecule has 5 rings (SSSR count). The minimum Gasteiger partial charge on any atom is -0.492 e. The molecule has 8 heteroatoms. The minimum absolute atomic E-state index is 0.0146. The van der Waals surface area contributed by atoms with Crippen molar-refractivity contribution in [1.82, 2.24) is 19.5 Å². The largest absolute Gasteiger partial charge is 0.492 e. The average molecular weight is 407 g/mol. The Labute approximate surface area is 174 Å². The van der Waals surface area contributed by atoms with Gasteiger partial charge in [0.25, 0.3) is 0 Å². The molecule has 3 aromatic rings. The molecule has 1 amide bonds. The molecule has 1 aliphatic heterocycles. The number of nitrogens with zero attached hydrogens (tertiary/aromatic N) is 5. The van der Waals surface area contributed by atoms with Crippen LogP contribution in [0.2, 0.25) is 0 Å². The molecule has 1 aliphatic carbocycles. The Balaban J connectivity index is 1.55. The number of β-amino-alcohol motifs (C(OH)–C–C–N with tert-alkyl or cyclic N) is 1. The maximum atomic E-state index is 12.8. The molecule has 30 heavy (non-hydrogen) atoms. The third kappa shape index (κ3) is 3.70. The van der Waals surface area contributed by atoms with Crippen LogP contribution in [0.25, 0.3) is 16.8 Å². The van der Waals surface area contributed by atoms with E-state index in [9.17, 15) is 9.90 Å². The molecular weight excluding hydrogens is 382 g/mol. The van der Waals surface area contributed by atoms with Gasteiger partial charge in [0.2, 0.25) is 5.91 Å². The van der Waals surface area contributed by atoms with Gasteiger partial charge >= 0.3 is 0 Å². The summed E-state index contributed by atoms with van der Waals surface area (Å²) in [5.41, 5.74) is 2.65. The second-order valence-electron chi connectivity index (χ2n) is 7.80. The summed E-state index contributed by atoms with van der Waals surface area (Å²) >= 11 is 0. The van der Waals surface area contributed by atoms with Crippen molar-refractivity contribution in [2.24, 2.45) is 5.92 Å². The Morgan fingerprint density at radius 3 is 2.93 bits per heavy atom. The van der Waals surface area contributed by atoms with E-state index >= 15 is 0 Å². The third-order valence-corrected chi connectivity index (χ3v) is 5.70. The van der Waals surface area contributed by atoms with Crippen LogP contribution >= 0.6 is 0 Å². The number of amides is 1. The number of carbonyl (C=O) groups excluding carboxylic acids is 1. The second kappa shape index (κ2) is 7.95. The molecule has 1 N–H and O–H groups in total. The van der Waals surface area contributed by atoms with E-state index < -0.39 is 0 Å². The van der Waals surface area contributed by atoms with E-state index in [-0.39, 0.29) is 18.4 Å². The van der Waals surface area contributed by atoms with Crippen LogP contribution in [0.5, 0.6) is 5.75 Å². The van der Waals surface area contributed by atoms with Crippen LogP contribution in [0.1, 0.15) is 12.8 Å². The number of aliphatic hydroxyl groups excluding tert-OH is 1. The summed E-state index contributed by atoms with van der Waals surface area (Å²) in [5, 5.41) is 14.0. The van der Waals surface area contributed by atoms with Crippen LogP contribution < -0.4 is 9.64 Å². The standard InChI is InChI=1S/C22H25N5O3/c28-12-10-25-8-9-26(22(29)16-4-5-16)11-13-30-18-3-1-2-17(14-18)19-15-23-27-7-6-20(25)24-21(19)27/h1-3,6-7,14-16,28H,4-5,8-13H2. The van der Waals surface area contributed by atoms with Crippen molar-refractivity contribution in [3.05, 3.63) is 42.7 Å². The van der Waals surface area contributed by atoms with Crippen molar-refractivity contribution in [3.63, 3.8) is 0 Å². The summed E-state index contributed by atoms with van der Waals surface area (Å²) in [7, 11) is 0. The van der Waals surface area contributed by atoms with E-state index in [4.69, 9.17) is 9.72 Å². The van der Waals surface area contributed by atoms with Crippen molar-refractivity contribution in [3.8, 4) is 16.9 Å². The van der Waals surface area contributed by atoms with Crippen LogP contribution in [-0.2, 0) is 4.79 Å². The minimum atomic E-state index is 0.0146. The fourth-order valence-electron chi connectivity index (χ4n) is 3.89. The van der Waals surface area contributed by atoms with Gasteiger partial charge < -0.3 is 19.6 Å². The molecule has 1 fully saturated rings. The summed E-state index contributed by atoms with van der Waals surface area (Å²) in [5.74, 6) is 1.88. The van der Waals surface area contributed by atoms with E-state index in [2.05, 4.69) is 5.10 Å². The highest BCUT2D eigenvalue weighted by atomic mass is 16.5. The van der Waals surface area contributed by atoms with Crippen LogP contribution in [0.4, 0.5) is 5.82 Å². The Bertz CT molecular complexity index is 1060. The van der Waals surface area contributed by atoms with E-state index in [1.807, 2.05) is 52.5 Å². The molecule has 0 unspecified atom stereocenters. The number of anilines is 1. The third-order valence-electron chi connectivity index (χ3n) is 5.70. The highest BCUT2D eigenvalue weighted by molar-refractivity contribution is 5.81. The summed E-state index contributed by atoms with van der Waals surface area (Å²) in [6, 6.07) is 9.77. The first-order valence-corrected chi connectivity index (χ1v) is 10.4. The number of ether oxygens (including phenoxy) is 1. The quantitative estimate of drug-likeness (QED) is 0.713. The van der Waals surface area contributed by atoms with Gasteiger partial charge in [-0.1, -0.05) is 12.1 Å². The monoisotopic (exact) mass is 407 g/mol. The van der Waals surface area contributed by atoms with Crippen molar-refractivity contribution < 1.29 is 14.6 Å². The fraction of sp³-hybridized carbons (Fsp3) is 0.409. The number of rotatable bonds is 3. The molecule has 0 radical (unpaired) electrons. The molecule has 1 aromatic carbocycles. The maximum absolute atomic E-state index is 12.8. The summed E-state index contributed by atoms with van der Waals surface area (Å²) < 4.78 is 7.73. The molecule has 2 aromatic heterocycles. The fourth-order valence-corrected chi connectivity index (χ4v) is 3.89. The van der Waals surface area contributed by atoms with Gasteiger partial charge in [0.05, 0.1) is 19.3 Å². The summed E-state index contributed by atoms with van der Waals surface area (Å²) in [6.45, 7) is 2.60. The predicted molar refractivity (Wildman–Crippen MR) is 113 cm³/mol. The normalized spacial score (nSPS) is 17.1. The van der Waals surface area contributed by atoms with Crippen molar-refractivity contribution >= 4 is 17.4 Å². The van der Waals surface area contributed by atoms with Crippen LogP contribution in [0.15, 0.2) is 42.7 Å². The van der Waals surface area contributed by atoms with Crippen LogP contribution in [0, 0.1) is 5.92 Å². The van der Waals surface area contributed by atoms with Gasteiger partial charge in [-0.25, -0.2) is 9.50 Å². The first-order valence-electron chi connectivity index (χ1n) is 10.4. The van der Waals surface area contributed by atoms with Gasteiger partial charge in [0.1, 0.15) is 18.2 Å². The first kappa shape index (κ1) is 18.9. The molecule has 0 saturated heterocycles. The molecule has 0 atom stereocenters. The van der Waals surface area contributed by atoms with E-state index in [1.165, 1.54) is 0 Å². The van der Waals surface area contributed by atoms with E-state index in [0.29, 0.717) is 32.8 Å². The number of carbonyl (C=O) groups is 1. The van der Waals surface area contributed by atoms with E-state index in [1.54, 1.807) is 4.52 Å². The molecule has 8 nitrogen and oxygen atoms in total. The van der Waals surface area contributed by atoms with Gasteiger partial charge in [-0.05, 0) is 36.6 Å². The zero-order valence-electron chi connectivity index (χ0n) is 16.8. The smallest absolute Gasteiger partial charge is 0.225 e. The topological polar surface area (TPSA) is 83.2 Å². The Morgan fingerprint density at radius 1 is 1.20 bits per heavy atom.